The number of piperidine rings is 1. The Labute approximate surface area is 163 Å². The number of nitrogens with zero attached hydrogens (tertiary/aromatic N) is 7. The third-order valence-corrected chi connectivity index (χ3v) is 5.03. The van der Waals surface area contributed by atoms with Gasteiger partial charge in [0.1, 0.15) is 17.2 Å². The van der Waals surface area contributed by atoms with Crippen molar-refractivity contribution >= 4 is 5.91 Å². The van der Waals surface area contributed by atoms with Crippen LogP contribution in [0.1, 0.15) is 46.5 Å². The highest BCUT2D eigenvalue weighted by Gasteiger charge is 2.28. The van der Waals surface area contributed by atoms with E-state index in [1.807, 2.05) is 42.6 Å². The lowest BCUT2D eigenvalue weighted by molar-refractivity contribution is 0.0699. The lowest BCUT2D eigenvalue weighted by Gasteiger charge is -2.32. The summed E-state index contributed by atoms with van der Waals surface area (Å²) < 4.78 is 1.94. The summed E-state index contributed by atoms with van der Waals surface area (Å²) in [7, 11) is 1.95. The summed E-state index contributed by atoms with van der Waals surface area (Å²) in [6.07, 6.45) is 8.75. The number of aromatic nitrogens is 6. The Bertz CT molecular complexity index is 996. The molecule has 8 nitrogen and oxygen atoms in total. The van der Waals surface area contributed by atoms with Gasteiger partial charge in [0.25, 0.3) is 5.91 Å². The maximum absolute atomic E-state index is 12.8. The zero-order valence-electron chi connectivity index (χ0n) is 16.3. The van der Waals surface area contributed by atoms with Crippen molar-refractivity contribution in [2.24, 2.45) is 7.05 Å². The predicted molar refractivity (Wildman–Crippen MR) is 104 cm³/mol. The maximum atomic E-state index is 12.8. The van der Waals surface area contributed by atoms with Crippen LogP contribution in [-0.4, -0.2) is 53.4 Å². The average molecular weight is 377 g/mol. The van der Waals surface area contributed by atoms with E-state index in [1.165, 1.54) is 0 Å². The topological polar surface area (TPSA) is 89.7 Å². The molecule has 0 saturated carbocycles. The zero-order valence-corrected chi connectivity index (χ0v) is 16.3. The summed E-state index contributed by atoms with van der Waals surface area (Å²) in [6, 6.07) is 2.00. The van der Waals surface area contributed by atoms with Crippen molar-refractivity contribution < 1.29 is 4.79 Å². The van der Waals surface area contributed by atoms with Crippen LogP contribution in [-0.2, 0) is 7.05 Å². The highest BCUT2D eigenvalue weighted by Crippen LogP contribution is 2.28. The van der Waals surface area contributed by atoms with Crippen LogP contribution in [0.5, 0.6) is 0 Å². The van der Waals surface area contributed by atoms with Gasteiger partial charge in [-0.15, -0.1) is 0 Å². The largest absolute Gasteiger partial charge is 0.337 e. The Hall–Kier alpha value is -3.16. The fourth-order valence-corrected chi connectivity index (χ4v) is 3.59. The summed E-state index contributed by atoms with van der Waals surface area (Å²) in [6.45, 7) is 5.09. The molecule has 0 spiro atoms. The molecule has 0 N–H and O–H groups in total. The van der Waals surface area contributed by atoms with Crippen molar-refractivity contribution in [3.63, 3.8) is 0 Å². The van der Waals surface area contributed by atoms with Gasteiger partial charge in [-0.1, -0.05) is 0 Å². The first-order valence-corrected chi connectivity index (χ1v) is 9.42. The molecular weight excluding hydrogens is 354 g/mol. The van der Waals surface area contributed by atoms with Gasteiger partial charge in [0.2, 0.25) is 0 Å². The lowest BCUT2D eigenvalue weighted by atomic mass is 9.93. The van der Waals surface area contributed by atoms with Crippen LogP contribution in [0, 0.1) is 13.8 Å². The number of likely N-dealkylation sites (tertiary alicyclic amines) is 1. The minimum atomic E-state index is -0.0766. The van der Waals surface area contributed by atoms with Crippen molar-refractivity contribution in [2.45, 2.75) is 32.6 Å². The van der Waals surface area contributed by atoms with Gasteiger partial charge in [-0.25, -0.2) is 19.9 Å². The molecule has 8 heteroatoms. The molecule has 0 aliphatic carbocycles. The molecule has 1 unspecified atom stereocenters. The fraction of sp³-hybridized carbons (Fsp3) is 0.400. The molecule has 1 atom stereocenters. The number of rotatable bonds is 3. The number of carbonyl (C=O) groups excluding carboxylic acids is 1. The summed E-state index contributed by atoms with van der Waals surface area (Å²) >= 11 is 0. The van der Waals surface area contributed by atoms with Crippen molar-refractivity contribution in [3.8, 4) is 11.5 Å². The predicted octanol–water partition coefficient (Wildman–Crippen LogP) is 2.30. The van der Waals surface area contributed by atoms with E-state index in [-0.39, 0.29) is 11.8 Å². The number of carbonyl (C=O) groups is 1. The van der Waals surface area contributed by atoms with Gasteiger partial charge in [0.05, 0.1) is 11.9 Å². The fourth-order valence-electron chi connectivity index (χ4n) is 3.59. The smallest absolute Gasteiger partial charge is 0.274 e. The Balaban J connectivity index is 1.58. The van der Waals surface area contributed by atoms with Gasteiger partial charge in [-0.2, -0.15) is 0 Å². The molecule has 4 rings (SSSR count). The van der Waals surface area contributed by atoms with E-state index in [9.17, 15) is 4.79 Å². The summed E-state index contributed by atoms with van der Waals surface area (Å²) in [5, 5.41) is 0. The van der Waals surface area contributed by atoms with Crippen LogP contribution < -0.4 is 0 Å². The first kappa shape index (κ1) is 18.2. The van der Waals surface area contributed by atoms with E-state index < -0.39 is 0 Å². The Kier molecular flexibility index (Phi) is 4.85. The van der Waals surface area contributed by atoms with Gasteiger partial charge >= 0.3 is 0 Å². The number of aryl methyl sites for hydroxylation is 3. The lowest BCUT2D eigenvalue weighted by Crippen LogP contribution is -2.39. The first-order valence-electron chi connectivity index (χ1n) is 9.42. The van der Waals surface area contributed by atoms with Gasteiger partial charge in [0.15, 0.2) is 5.82 Å². The minimum Gasteiger partial charge on any atom is -0.337 e. The number of hydrogen-bond donors (Lipinski definition) is 0. The molecule has 0 bridgehead atoms. The number of imidazole rings is 1. The highest BCUT2D eigenvalue weighted by atomic mass is 16.2. The monoisotopic (exact) mass is 377 g/mol. The molecule has 28 heavy (non-hydrogen) atoms. The first-order chi connectivity index (χ1) is 13.5. The van der Waals surface area contributed by atoms with Crippen molar-refractivity contribution in [1.29, 1.82) is 0 Å². The van der Waals surface area contributed by atoms with Crippen LogP contribution in [0.2, 0.25) is 0 Å². The third-order valence-electron chi connectivity index (χ3n) is 5.03. The second-order valence-corrected chi connectivity index (χ2v) is 7.22. The van der Waals surface area contributed by atoms with E-state index in [1.54, 1.807) is 18.6 Å². The zero-order chi connectivity index (χ0) is 19.7. The van der Waals surface area contributed by atoms with Gasteiger partial charge in [0, 0.05) is 50.3 Å². The number of amides is 1. The van der Waals surface area contributed by atoms with Gasteiger partial charge in [-0.3, -0.25) is 9.78 Å². The third kappa shape index (κ3) is 3.62. The molecule has 3 aromatic heterocycles. The van der Waals surface area contributed by atoms with Crippen molar-refractivity contribution in [2.75, 3.05) is 13.1 Å². The van der Waals surface area contributed by atoms with E-state index >= 15 is 0 Å². The van der Waals surface area contributed by atoms with Crippen molar-refractivity contribution in [3.05, 3.63) is 53.8 Å². The molecule has 1 aliphatic rings. The Morgan fingerprint density at radius 3 is 2.71 bits per heavy atom. The van der Waals surface area contributed by atoms with Gasteiger partial charge < -0.3 is 9.47 Å². The molecule has 1 amide bonds. The molecule has 0 radical (unpaired) electrons. The molecule has 4 heterocycles. The molecular formula is C20H23N7O. The molecule has 1 fully saturated rings. The van der Waals surface area contributed by atoms with E-state index in [0.717, 1.165) is 42.3 Å². The standard InChI is InChI=1S/C20H23N7O/c1-13-10-23-18(11-22-13)20(28)27-7-4-5-15(12-27)16-9-17(25-14(2)24-16)19-21-6-8-26(19)3/h6,8-11,15H,4-5,7,12H2,1-3H3. The normalized spacial score (nSPS) is 17.0. The molecule has 1 saturated heterocycles. The summed E-state index contributed by atoms with van der Waals surface area (Å²) in [5.41, 5.74) is 2.95. The number of hydrogen-bond acceptors (Lipinski definition) is 6. The molecule has 3 aromatic rings. The van der Waals surface area contributed by atoms with E-state index in [4.69, 9.17) is 0 Å². The molecule has 0 aromatic carbocycles. The van der Waals surface area contributed by atoms with E-state index in [2.05, 4.69) is 24.9 Å². The van der Waals surface area contributed by atoms with Crippen LogP contribution >= 0.6 is 0 Å². The van der Waals surface area contributed by atoms with E-state index in [0.29, 0.717) is 18.1 Å². The van der Waals surface area contributed by atoms with Crippen LogP contribution in [0.4, 0.5) is 0 Å². The van der Waals surface area contributed by atoms with Crippen LogP contribution in [0.15, 0.2) is 30.9 Å². The Morgan fingerprint density at radius 2 is 2.00 bits per heavy atom. The summed E-state index contributed by atoms with van der Waals surface area (Å²) in [5.74, 6) is 1.61. The molecule has 144 valence electrons. The quantitative estimate of drug-likeness (QED) is 0.696. The average Bonchev–Trinajstić information content (AvgIpc) is 3.13. The summed E-state index contributed by atoms with van der Waals surface area (Å²) in [4.78, 5) is 36.7. The van der Waals surface area contributed by atoms with Crippen LogP contribution in [0.3, 0.4) is 0 Å². The van der Waals surface area contributed by atoms with Crippen molar-refractivity contribution in [1.82, 2.24) is 34.4 Å². The SMILES string of the molecule is Cc1cnc(C(=O)N2CCCC(c3cc(-c4nccn4C)nc(C)n3)C2)cn1. The van der Waals surface area contributed by atoms with Crippen LogP contribution in [0.25, 0.3) is 11.5 Å². The Morgan fingerprint density at radius 1 is 1.14 bits per heavy atom. The molecule has 1 aliphatic heterocycles. The highest BCUT2D eigenvalue weighted by molar-refractivity contribution is 5.92. The second kappa shape index (κ2) is 7.46. The minimum absolute atomic E-state index is 0.0766. The second-order valence-electron chi connectivity index (χ2n) is 7.22. The van der Waals surface area contributed by atoms with Gasteiger partial charge in [-0.05, 0) is 32.8 Å². The maximum Gasteiger partial charge on any atom is 0.274 e.